The van der Waals surface area contributed by atoms with E-state index in [9.17, 15) is 5.11 Å². The number of aromatic nitrogens is 1. The van der Waals surface area contributed by atoms with Crippen LogP contribution in [0.3, 0.4) is 0 Å². The highest BCUT2D eigenvalue weighted by molar-refractivity contribution is 5.51. The van der Waals surface area contributed by atoms with Gasteiger partial charge in [-0.1, -0.05) is 12.8 Å². The van der Waals surface area contributed by atoms with E-state index in [-0.39, 0.29) is 0 Å². The number of hydrogen-bond donors (Lipinski definition) is 3. The number of anilines is 2. The van der Waals surface area contributed by atoms with E-state index in [2.05, 4.69) is 15.6 Å². The van der Waals surface area contributed by atoms with Gasteiger partial charge in [0.1, 0.15) is 5.82 Å². The predicted octanol–water partition coefficient (Wildman–Crippen LogP) is 2.33. The summed E-state index contributed by atoms with van der Waals surface area (Å²) in [6.07, 6.45) is 6.75. The molecule has 2 atom stereocenters. The van der Waals surface area contributed by atoms with Gasteiger partial charge in [0.05, 0.1) is 0 Å². The zero-order valence-electron chi connectivity index (χ0n) is 11.0. The van der Waals surface area contributed by atoms with Gasteiger partial charge in [0.2, 0.25) is 0 Å². The van der Waals surface area contributed by atoms with Crippen LogP contribution in [-0.2, 0) is 0 Å². The molecule has 1 aliphatic rings. The van der Waals surface area contributed by atoms with Crippen LogP contribution in [0.15, 0.2) is 18.3 Å². The molecule has 1 aromatic heterocycles. The third-order valence-corrected chi connectivity index (χ3v) is 3.89. The molecule has 0 bridgehead atoms. The lowest BCUT2D eigenvalue weighted by Gasteiger charge is -2.30. The lowest BCUT2D eigenvalue weighted by molar-refractivity contribution is 0.141. The molecule has 4 heteroatoms. The number of nitrogens with one attached hydrogen (secondary N) is 2. The minimum atomic E-state index is 0.324. The first-order chi connectivity index (χ1) is 8.83. The van der Waals surface area contributed by atoms with E-state index >= 15 is 0 Å². The van der Waals surface area contributed by atoms with Crippen molar-refractivity contribution in [3.05, 3.63) is 18.3 Å². The van der Waals surface area contributed by atoms with Crippen molar-refractivity contribution in [2.45, 2.75) is 25.7 Å². The summed E-state index contributed by atoms with van der Waals surface area (Å²) < 4.78 is 0. The van der Waals surface area contributed by atoms with Crippen molar-refractivity contribution in [3.63, 3.8) is 0 Å². The molecular weight excluding hydrogens is 226 g/mol. The third kappa shape index (κ3) is 3.35. The van der Waals surface area contributed by atoms with E-state index < -0.39 is 0 Å². The maximum Gasteiger partial charge on any atom is 0.127 e. The molecule has 1 aromatic rings. The molecule has 4 nitrogen and oxygen atoms in total. The maximum absolute atomic E-state index is 9.39. The van der Waals surface area contributed by atoms with Gasteiger partial charge < -0.3 is 15.7 Å². The Balaban J connectivity index is 1.89. The van der Waals surface area contributed by atoms with E-state index in [4.69, 9.17) is 0 Å². The SMILES string of the molecule is CNc1cc(NCC2CCCCC2CO)ccn1. The molecule has 2 rings (SSSR count). The number of hydrogen-bond acceptors (Lipinski definition) is 4. The van der Waals surface area contributed by atoms with E-state index in [0.717, 1.165) is 18.1 Å². The molecule has 18 heavy (non-hydrogen) atoms. The van der Waals surface area contributed by atoms with Crippen molar-refractivity contribution in [3.8, 4) is 0 Å². The highest BCUT2D eigenvalue weighted by Gasteiger charge is 2.23. The number of nitrogens with zero attached hydrogens (tertiary/aromatic N) is 1. The van der Waals surface area contributed by atoms with E-state index in [1.165, 1.54) is 25.7 Å². The minimum absolute atomic E-state index is 0.324. The largest absolute Gasteiger partial charge is 0.396 e. The summed E-state index contributed by atoms with van der Waals surface area (Å²) in [5.74, 6) is 1.94. The first-order valence-corrected chi connectivity index (χ1v) is 6.82. The van der Waals surface area contributed by atoms with Gasteiger partial charge in [-0.25, -0.2) is 4.98 Å². The quantitative estimate of drug-likeness (QED) is 0.749. The molecule has 1 saturated carbocycles. The molecular formula is C14H23N3O. The van der Waals surface area contributed by atoms with Gasteiger partial charge in [-0.05, 0) is 30.7 Å². The molecule has 2 unspecified atom stereocenters. The van der Waals surface area contributed by atoms with Crippen molar-refractivity contribution in [1.29, 1.82) is 0 Å². The normalized spacial score (nSPS) is 23.7. The number of rotatable bonds is 5. The van der Waals surface area contributed by atoms with Crippen molar-refractivity contribution in [1.82, 2.24) is 4.98 Å². The summed E-state index contributed by atoms with van der Waals surface area (Å²) in [6, 6.07) is 3.99. The van der Waals surface area contributed by atoms with Gasteiger partial charge in [-0.15, -0.1) is 0 Å². The molecule has 0 aliphatic heterocycles. The summed E-state index contributed by atoms with van der Waals surface area (Å²) in [5.41, 5.74) is 1.09. The molecule has 1 aliphatic carbocycles. The van der Waals surface area contributed by atoms with Crippen LogP contribution in [0, 0.1) is 11.8 Å². The molecule has 0 radical (unpaired) electrons. The summed E-state index contributed by atoms with van der Waals surface area (Å²) in [4.78, 5) is 4.19. The molecule has 100 valence electrons. The topological polar surface area (TPSA) is 57.2 Å². The Kier molecular flexibility index (Phi) is 4.81. The Labute approximate surface area is 109 Å². The van der Waals surface area contributed by atoms with Gasteiger partial charge in [0.15, 0.2) is 0 Å². The average Bonchev–Trinajstić information content (AvgIpc) is 2.45. The van der Waals surface area contributed by atoms with Gasteiger partial charge in [0.25, 0.3) is 0 Å². The first-order valence-electron chi connectivity index (χ1n) is 6.82. The molecule has 3 N–H and O–H groups in total. The standard InChI is InChI=1S/C14H23N3O/c1-15-14-8-13(6-7-16-14)17-9-11-4-2-3-5-12(11)10-18/h6-8,11-12,18H,2-5,9-10H2,1H3,(H2,15,16,17). The summed E-state index contributed by atoms with van der Waals surface area (Å²) in [7, 11) is 1.87. The summed E-state index contributed by atoms with van der Waals surface area (Å²) in [5, 5.41) is 15.9. The molecule has 0 amide bonds. The van der Waals surface area contributed by atoms with Crippen LogP contribution in [0.2, 0.25) is 0 Å². The van der Waals surface area contributed by atoms with Crippen LogP contribution in [0.4, 0.5) is 11.5 Å². The fourth-order valence-corrected chi connectivity index (χ4v) is 2.72. The Morgan fingerprint density at radius 3 is 2.83 bits per heavy atom. The van der Waals surface area contributed by atoms with Crippen LogP contribution in [-0.4, -0.2) is 30.3 Å². The van der Waals surface area contributed by atoms with E-state index in [1.807, 2.05) is 19.2 Å². The van der Waals surface area contributed by atoms with Crippen LogP contribution in [0.25, 0.3) is 0 Å². The summed E-state index contributed by atoms with van der Waals surface area (Å²) >= 11 is 0. The van der Waals surface area contributed by atoms with E-state index in [0.29, 0.717) is 18.4 Å². The van der Waals surface area contributed by atoms with Crippen molar-refractivity contribution >= 4 is 11.5 Å². The highest BCUT2D eigenvalue weighted by atomic mass is 16.3. The Morgan fingerprint density at radius 2 is 2.11 bits per heavy atom. The van der Waals surface area contributed by atoms with Gasteiger partial charge >= 0.3 is 0 Å². The van der Waals surface area contributed by atoms with Gasteiger partial charge in [-0.2, -0.15) is 0 Å². The lowest BCUT2D eigenvalue weighted by atomic mass is 9.79. The fourth-order valence-electron chi connectivity index (χ4n) is 2.72. The average molecular weight is 249 g/mol. The highest BCUT2D eigenvalue weighted by Crippen LogP contribution is 2.29. The Hall–Kier alpha value is -1.29. The lowest BCUT2D eigenvalue weighted by Crippen LogP contribution is -2.28. The van der Waals surface area contributed by atoms with Gasteiger partial charge in [-0.3, -0.25) is 0 Å². The minimum Gasteiger partial charge on any atom is -0.396 e. The predicted molar refractivity (Wildman–Crippen MR) is 74.8 cm³/mol. The number of aliphatic hydroxyl groups is 1. The second kappa shape index (κ2) is 6.59. The second-order valence-electron chi connectivity index (χ2n) is 5.05. The van der Waals surface area contributed by atoms with Crippen molar-refractivity contribution in [2.24, 2.45) is 11.8 Å². The Bertz CT molecular complexity index is 370. The zero-order chi connectivity index (χ0) is 12.8. The van der Waals surface area contributed by atoms with Gasteiger partial charge in [0, 0.05) is 38.1 Å². The monoisotopic (exact) mass is 249 g/mol. The zero-order valence-corrected chi connectivity index (χ0v) is 11.0. The molecule has 0 spiro atoms. The molecule has 0 aromatic carbocycles. The van der Waals surface area contributed by atoms with Crippen LogP contribution in [0.5, 0.6) is 0 Å². The number of pyridine rings is 1. The van der Waals surface area contributed by atoms with Crippen LogP contribution < -0.4 is 10.6 Å². The smallest absolute Gasteiger partial charge is 0.127 e. The third-order valence-electron chi connectivity index (χ3n) is 3.89. The number of aliphatic hydroxyl groups excluding tert-OH is 1. The first kappa shape index (κ1) is 13.1. The van der Waals surface area contributed by atoms with Crippen molar-refractivity contribution < 1.29 is 5.11 Å². The van der Waals surface area contributed by atoms with Crippen LogP contribution >= 0.6 is 0 Å². The molecule has 1 fully saturated rings. The van der Waals surface area contributed by atoms with E-state index in [1.54, 1.807) is 6.20 Å². The van der Waals surface area contributed by atoms with Crippen molar-refractivity contribution in [2.75, 3.05) is 30.8 Å². The summed E-state index contributed by atoms with van der Waals surface area (Å²) in [6.45, 7) is 1.27. The Morgan fingerprint density at radius 1 is 1.33 bits per heavy atom. The maximum atomic E-state index is 9.39. The molecule has 1 heterocycles. The van der Waals surface area contributed by atoms with Crippen LogP contribution in [0.1, 0.15) is 25.7 Å². The molecule has 0 saturated heterocycles. The second-order valence-corrected chi connectivity index (χ2v) is 5.05. The fraction of sp³-hybridized carbons (Fsp3) is 0.643.